The third-order valence-corrected chi connectivity index (χ3v) is 3.53. The molecule has 0 spiro atoms. The fraction of sp³-hybridized carbons (Fsp3) is 0.571. The zero-order chi connectivity index (χ0) is 12.5. The molecule has 17 heavy (non-hydrogen) atoms. The van der Waals surface area contributed by atoms with Gasteiger partial charge in [-0.25, -0.2) is 4.39 Å². The second-order valence-electron chi connectivity index (χ2n) is 5.72. The first-order chi connectivity index (χ1) is 8.02. The summed E-state index contributed by atoms with van der Waals surface area (Å²) in [4.78, 5) is 2.32. The van der Waals surface area contributed by atoms with E-state index in [4.69, 9.17) is 5.73 Å². The second kappa shape index (κ2) is 4.75. The smallest absolute Gasteiger partial charge is 0.132 e. The minimum absolute atomic E-state index is 0.125. The number of benzene rings is 1. The average molecular weight is 236 g/mol. The standard InChI is InChI=1S/C14H21FN2/c1-14(2)6-7-17(10-14)9-12-5-3-4-11(8-16)13(12)15/h3-5H,6-10,16H2,1-2H3. The molecule has 94 valence electrons. The van der Waals surface area contributed by atoms with Gasteiger partial charge < -0.3 is 5.73 Å². The predicted octanol–water partition coefficient (Wildman–Crippen LogP) is 2.52. The maximum atomic E-state index is 14.0. The van der Waals surface area contributed by atoms with E-state index in [1.165, 1.54) is 6.42 Å². The van der Waals surface area contributed by atoms with Crippen molar-refractivity contribution in [3.63, 3.8) is 0 Å². The first kappa shape index (κ1) is 12.5. The summed E-state index contributed by atoms with van der Waals surface area (Å²) in [5.74, 6) is -0.125. The third-order valence-electron chi connectivity index (χ3n) is 3.53. The summed E-state index contributed by atoms with van der Waals surface area (Å²) in [7, 11) is 0. The van der Waals surface area contributed by atoms with Crippen LogP contribution in [0, 0.1) is 11.2 Å². The van der Waals surface area contributed by atoms with Crippen molar-refractivity contribution in [2.75, 3.05) is 13.1 Å². The average Bonchev–Trinajstić information content (AvgIpc) is 2.61. The molecule has 3 heteroatoms. The molecule has 1 aromatic carbocycles. The molecule has 0 bridgehead atoms. The summed E-state index contributed by atoms with van der Waals surface area (Å²) in [6.45, 7) is 7.59. The summed E-state index contributed by atoms with van der Waals surface area (Å²) in [5, 5.41) is 0. The minimum Gasteiger partial charge on any atom is -0.326 e. The van der Waals surface area contributed by atoms with E-state index in [2.05, 4.69) is 18.7 Å². The molecule has 2 N–H and O–H groups in total. The Kier molecular flexibility index (Phi) is 3.50. The lowest BCUT2D eigenvalue weighted by Gasteiger charge is -2.20. The van der Waals surface area contributed by atoms with Crippen molar-refractivity contribution in [3.8, 4) is 0 Å². The second-order valence-corrected chi connectivity index (χ2v) is 5.72. The van der Waals surface area contributed by atoms with E-state index >= 15 is 0 Å². The van der Waals surface area contributed by atoms with E-state index in [0.717, 1.165) is 18.7 Å². The van der Waals surface area contributed by atoms with Crippen molar-refractivity contribution in [1.29, 1.82) is 0 Å². The van der Waals surface area contributed by atoms with Gasteiger partial charge >= 0.3 is 0 Å². The summed E-state index contributed by atoms with van der Waals surface area (Å²) >= 11 is 0. The molecular weight excluding hydrogens is 215 g/mol. The lowest BCUT2D eigenvalue weighted by Crippen LogP contribution is -2.23. The minimum atomic E-state index is -0.125. The van der Waals surface area contributed by atoms with Crippen LogP contribution in [0.15, 0.2) is 18.2 Å². The van der Waals surface area contributed by atoms with Gasteiger partial charge in [-0.1, -0.05) is 32.0 Å². The molecule has 0 aliphatic carbocycles. The summed E-state index contributed by atoms with van der Waals surface area (Å²) < 4.78 is 14.0. The molecule has 0 atom stereocenters. The van der Waals surface area contributed by atoms with Gasteiger partial charge in [-0.15, -0.1) is 0 Å². The lowest BCUT2D eigenvalue weighted by atomic mass is 9.93. The fourth-order valence-corrected chi connectivity index (χ4v) is 2.51. The highest BCUT2D eigenvalue weighted by Crippen LogP contribution is 2.30. The van der Waals surface area contributed by atoms with Crippen LogP contribution in [-0.2, 0) is 13.1 Å². The lowest BCUT2D eigenvalue weighted by molar-refractivity contribution is 0.280. The maximum absolute atomic E-state index is 14.0. The molecule has 0 unspecified atom stereocenters. The Balaban J connectivity index is 2.09. The highest BCUT2D eigenvalue weighted by atomic mass is 19.1. The Bertz CT molecular complexity index is 401. The molecule has 1 saturated heterocycles. The van der Waals surface area contributed by atoms with E-state index in [1.807, 2.05) is 12.1 Å². The van der Waals surface area contributed by atoms with Crippen LogP contribution in [0.5, 0.6) is 0 Å². The first-order valence-corrected chi connectivity index (χ1v) is 6.20. The van der Waals surface area contributed by atoms with Crippen LogP contribution in [0.3, 0.4) is 0 Å². The SMILES string of the molecule is CC1(C)CCN(Cc2cccc(CN)c2F)C1. The van der Waals surface area contributed by atoms with Gasteiger partial charge in [0.05, 0.1) is 0 Å². The van der Waals surface area contributed by atoms with Gasteiger partial charge in [0.1, 0.15) is 5.82 Å². The van der Waals surface area contributed by atoms with Gasteiger partial charge in [0.15, 0.2) is 0 Å². The molecule has 2 rings (SSSR count). The van der Waals surface area contributed by atoms with Gasteiger partial charge in [0.2, 0.25) is 0 Å². The fourth-order valence-electron chi connectivity index (χ4n) is 2.51. The van der Waals surface area contributed by atoms with E-state index in [1.54, 1.807) is 6.07 Å². The van der Waals surface area contributed by atoms with E-state index in [9.17, 15) is 4.39 Å². The van der Waals surface area contributed by atoms with Gasteiger partial charge in [-0.3, -0.25) is 4.90 Å². The topological polar surface area (TPSA) is 29.3 Å². The van der Waals surface area contributed by atoms with E-state index < -0.39 is 0 Å². The molecule has 0 amide bonds. The number of hydrogen-bond acceptors (Lipinski definition) is 2. The van der Waals surface area contributed by atoms with Crippen molar-refractivity contribution in [2.45, 2.75) is 33.4 Å². The largest absolute Gasteiger partial charge is 0.326 e. The van der Waals surface area contributed by atoms with Crippen LogP contribution < -0.4 is 5.73 Å². The number of nitrogens with zero attached hydrogens (tertiary/aromatic N) is 1. The Morgan fingerprint density at radius 2 is 2.06 bits per heavy atom. The van der Waals surface area contributed by atoms with E-state index in [-0.39, 0.29) is 12.4 Å². The summed E-state index contributed by atoms with van der Waals surface area (Å²) in [6.07, 6.45) is 1.19. The first-order valence-electron chi connectivity index (χ1n) is 6.20. The molecular formula is C14H21FN2. The number of nitrogens with two attached hydrogens (primary N) is 1. The number of halogens is 1. The monoisotopic (exact) mass is 236 g/mol. The number of likely N-dealkylation sites (tertiary alicyclic amines) is 1. The molecule has 1 aromatic rings. The van der Waals surface area contributed by atoms with Crippen molar-refractivity contribution in [2.24, 2.45) is 11.1 Å². The van der Waals surface area contributed by atoms with E-state index in [0.29, 0.717) is 17.5 Å². The quantitative estimate of drug-likeness (QED) is 0.873. The number of hydrogen-bond donors (Lipinski definition) is 1. The van der Waals surface area contributed by atoms with Gasteiger partial charge in [-0.05, 0) is 18.4 Å². The molecule has 1 aliphatic heterocycles. The Hall–Kier alpha value is -0.930. The maximum Gasteiger partial charge on any atom is 0.132 e. The normalized spacial score (nSPS) is 19.8. The zero-order valence-corrected chi connectivity index (χ0v) is 10.7. The third kappa shape index (κ3) is 2.85. The van der Waals surface area contributed by atoms with Crippen LogP contribution in [0.4, 0.5) is 4.39 Å². The van der Waals surface area contributed by atoms with Gasteiger partial charge in [-0.2, -0.15) is 0 Å². The van der Waals surface area contributed by atoms with Crippen LogP contribution in [0.1, 0.15) is 31.4 Å². The van der Waals surface area contributed by atoms with Gasteiger partial charge in [0.25, 0.3) is 0 Å². The highest BCUT2D eigenvalue weighted by molar-refractivity contribution is 5.26. The van der Waals surface area contributed by atoms with Crippen molar-refractivity contribution in [1.82, 2.24) is 4.90 Å². The number of rotatable bonds is 3. The van der Waals surface area contributed by atoms with Crippen molar-refractivity contribution < 1.29 is 4.39 Å². The van der Waals surface area contributed by atoms with Crippen molar-refractivity contribution in [3.05, 3.63) is 35.1 Å². The van der Waals surface area contributed by atoms with Crippen LogP contribution in [0.2, 0.25) is 0 Å². The molecule has 0 radical (unpaired) electrons. The molecule has 1 aliphatic rings. The Labute approximate surface area is 103 Å². The molecule has 0 saturated carbocycles. The summed E-state index contributed by atoms with van der Waals surface area (Å²) in [5.41, 5.74) is 7.26. The zero-order valence-electron chi connectivity index (χ0n) is 10.7. The molecule has 1 fully saturated rings. The van der Waals surface area contributed by atoms with Crippen LogP contribution in [-0.4, -0.2) is 18.0 Å². The Morgan fingerprint density at radius 3 is 2.65 bits per heavy atom. The van der Waals surface area contributed by atoms with Crippen molar-refractivity contribution >= 4 is 0 Å². The molecule has 0 aromatic heterocycles. The predicted molar refractivity (Wildman–Crippen MR) is 68.0 cm³/mol. The highest BCUT2D eigenvalue weighted by Gasteiger charge is 2.29. The molecule has 2 nitrogen and oxygen atoms in total. The summed E-state index contributed by atoms with van der Waals surface area (Å²) in [6, 6.07) is 5.51. The Morgan fingerprint density at radius 1 is 1.35 bits per heavy atom. The van der Waals surface area contributed by atoms with Gasteiger partial charge in [0, 0.05) is 30.8 Å². The van der Waals surface area contributed by atoms with Crippen LogP contribution in [0.25, 0.3) is 0 Å². The van der Waals surface area contributed by atoms with Crippen LogP contribution >= 0.6 is 0 Å². The molecule has 1 heterocycles.